The molecule has 1 aromatic carbocycles. The summed E-state index contributed by atoms with van der Waals surface area (Å²) in [5.41, 5.74) is 1.69. The van der Waals surface area contributed by atoms with E-state index >= 15 is 0 Å². The van der Waals surface area contributed by atoms with Crippen molar-refractivity contribution in [3.63, 3.8) is 0 Å². The first-order valence-corrected chi connectivity index (χ1v) is 7.92. The van der Waals surface area contributed by atoms with Crippen molar-refractivity contribution >= 4 is 5.91 Å². The van der Waals surface area contributed by atoms with Crippen molar-refractivity contribution in [1.82, 2.24) is 24.6 Å². The van der Waals surface area contributed by atoms with Crippen molar-refractivity contribution in [2.45, 2.75) is 19.5 Å². The predicted molar refractivity (Wildman–Crippen MR) is 89.1 cm³/mol. The largest absolute Gasteiger partial charge is 0.329 e. The van der Waals surface area contributed by atoms with Gasteiger partial charge >= 0.3 is 0 Å². The normalized spacial score (nSPS) is 16.7. The number of pyridine rings is 1. The monoisotopic (exact) mass is 319 g/mol. The summed E-state index contributed by atoms with van der Waals surface area (Å²) in [7, 11) is 0. The second-order valence-corrected chi connectivity index (χ2v) is 5.95. The van der Waals surface area contributed by atoms with E-state index in [-0.39, 0.29) is 11.9 Å². The third kappa shape index (κ3) is 2.46. The molecule has 1 aliphatic rings. The van der Waals surface area contributed by atoms with Crippen LogP contribution in [-0.4, -0.2) is 37.1 Å². The minimum atomic E-state index is -0.000221. The van der Waals surface area contributed by atoms with Crippen LogP contribution < -0.4 is 0 Å². The summed E-state index contributed by atoms with van der Waals surface area (Å²) in [4.78, 5) is 18.5. The Bertz CT molecular complexity index is 860. The Morgan fingerprint density at radius 1 is 1.08 bits per heavy atom. The van der Waals surface area contributed by atoms with Crippen LogP contribution in [0.1, 0.15) is 29.1 Å². The molecular formula is C18H17N5O. The number of fused-ring (bicyclic) bond motifs is 1. The van der Waals surface area contributed by atoms with E-state index in [0.29, 0.717) is 18.7 Å². The zero-order valence-electron chi connectivity index (χ0n) is 13.3. The third-order valence-corrected chi connectivity index (χ3v) is 4.27. The van der Waals surface area contributed by atoms with Crippen molar-refractivity contribution in [3.8, 4) is 11.4 Å². The fourth-order valence-corrected chi connectivity index (χ4v) is 3.15. The van der Waals surface area contributed by atoms with E-state index in [1.54, 1.807) is 24.5 Å². The molecule has 0 aliphatic carbocycles. The van der Waals surface area contributed by atoms with Crippen LogP contribution in [0.15, 0.2) is 54.9 Å². The molecule has 4 rings (SSSR count). The van der Waals surface area contributed by atoms with E-state index < -0.39 is 0 Å². The van der Waals surface area contributed by atoms with Crippen molar-refractivity contribution < 1.29 is 4.79 Å². The molecule has 0 fully saturated rings. The molecular weight excluding hydrogens is 302 g/mol. The van der Waals surface area contributed by atoms with Gasteiger partial charge in [-0.3, -0.25) is 9.78 Å². The van der Waals surface area contributed by atoms with E-state index in [2.05, 4.69) is 26.7 Å². The van der Waals surface area contributed by atoms with Gasteiger partial charge in [-0.1, -0.05) is 30.3 Å². The van der Waals surface area contributed by atoms with Gasteiger partial charge in [-0.2, -0.15) is 0 Å². The highest BCUT2D eigenvalue weighted by atomic mass is 16.2. The lowest BCUT2D eigenvalue weighted by molar-refractivity contribution is 0.0682. The Labute approximate surface area is 139 Å². The summed E-state index contributed by atoms with van der Waals surface area (Å²) in [5, 5.41) is 8.67. The van der Waals surface area contributed by atoms with Gasteiger partial charge < -0.3 is 9.47 Å². The van der Waals surface area contributed by atoms with Crippen molar-refractivity contribution in [2.75, 3.05) is 6.54 Å². The zero-order valence-corrected chi connectivity index (χ0v) is 13.3. The highest BCUT2D eigenvalue weighted by molar-refractivity contribution is 5.94. The number of nitrogens with zero attached hydrogens (tertiary/aromatic N) is 5. The summed E-state index contributed by atoms with van der Waals surface area (Å²) in [6, 6.07) is 13.6. The highest BCUT2D eigenvalue weighted by Gasteiger charge is 2.29. The Morgan fingerprint density at radius 3 is 2.58 bits per heavy atom. The summed E-state index contributed by atoms with van der Waals surface area (Å²) in [5.74, 6) is 1.67. The van der Waals surface area contributed by atoms with Gasteiger partial charge in [-0.05, 0) is 19.1 Å². The molecule has 120 valence electrons. The molecule has 1 atom stereocenters. The molecule has 3 heterocycles. The van der Waals surface area contributed by atoms with Gasteiger partial charge in [0, 0.05) is 30.1 Å². The van der Waals surface area contributed by atoms with Gasteiger partial charge in [0.1, 0.15) is 0 Å². The first-order chi connectivity index (χ1) is 11.7. The van der Waals surface area contributed by atoms with E-state index in [4.69, 9.17) is 0 Å². The molecule has 6 nitrogen and oxygen atoms in total. The van der Waals surface area contributed by atoms with Crippen LogP contribution in [0, 0.1) is 0 Å². The van der Waals surface area contributed by atoms with Crippen LogP contribution in [-0.2, 0) is 6.54 Å². The van der Waals surface area contributed by atoms with Crippen LogP contribution in [0.5, 0.6) is 0 Å². The number of aromatic nitrogens is 4. The minimum Gasteiger partial charge on any atom is -0.329 e. The molecule has 1 aliphatic heterocycles. The average Bonchev–Trinajstić information content (AvgIpc) is 3.07. The van der Waals surface area contributed by atoms with Crippen molar-refractivity contribution in [2.24, 2.45) is 0 Å². The van der Waals surface area contributed by atoms with Crippen molar-refractivity contribution in [3.05, 3.63) is 66.2 Å². The Kier molecular flexibility index (Phi) is 3.57. The number of hydrogen-bond donors (Lipinski definition) is 0. The Hall–Kier alpha value is -3.02. The molecule has 0 bridgehead atoms. The van der Waals surface area contributed by atoms with E-state index in [1.165, 1.54) is 0 Å². The van der Waals surface area contributed by atoms with E-state index in [0.717, 1.165) is 17.2 Å². The van der Waals surface area contributed by atoms with E-state index in [1.807, 2.05) is 35.2 Å². The maximum absolute atomic E-state index is 12.7. The molecule has 0 spiro atoms. The smallest absolute Gasteiger partial charge is 0.254 e. The zero-order chi connectivity index (χ0) is 16.5. The standard InChI is InChI=1S/C18H17N5O/c1-13-11-22(18(24)15-7-9-19-10-8-15)12-16-20-21-17(23(13)16)14-5-3-2-4-6-14/h2-10,13H,11-12H2,1H3/t13-/m0/s1. The van der Waals surface area contributed by atoms with Crippen molar-refractivity contribution in [1.29, 1.82) is 0 Å². The molecule has 0 saturated heterocycles. The maximum atomic E-state index is 12.7. The van der Waals surface area contributed by atoms with Gasteiger partial charge in [0.25, 0.3) is 5.91 Å². The lowest BCUT2D eigenvalue weighted by Crippen LogP contribution is -2.40. The number of hydrogen-bond acceptors (Lipinski definition) is 4. The first kappa shape index (κ1) is 14.6. The molecule has 24 heavy (non-hydrogen) atoms. The molecule has 2 aromatic heterocycles. The van der Waals surface area contributed by atoms with Crippen LogP contribution in [0.25, 0.3) is 11.4 Å². The third-order valence-electron chi connectivity index (χ3n) is 4.27. The average molecular weight is 319 g/mol. The fourth-order valence-electron chi connectivity index (χ4n) is 3.15. The lowest BCUT2D eigenvalue weighted by atomic mass is 10.1. The quantitative estimate of drug-likeness (QED) is 0.728. The van der Waals surface area contributed by atoms with Crippen LogP contribution >= 0.6 is 0 Å². The second-order valence-electron chi connectivity index (χ2n) is 5.95. The Balaban J connectivity index is 1.65. The fraction of sp³-hybridized carbons (Fsp3) is 0.222. The predicted octanol–water partition coefficient (Wildman–Crippen LogP) is 2.56. The second kappa shape index (κ2) is 5.88. The van der Waals surface area contributed by atoms with Crippen LogP contribution in [0.2, 0.25) is 0 Å². The van der Waals surface area contributed by atoms with Gasteiger partial charge in [0.2, 0.25) is 0 Å². The lowest BCUT2D eigenvalue weighted by Gasteiger charge is -2.32. The molecule has 0 radical (unpaired) electrons. The summed E-state index contributed by atoms with van der Waals surface area (Å²) >= 11 is 0. The molecule has 1 amide bonds. The summed E-state index contributed by atoms with van der Waals surface area (Å²) in [6.07, 6.45) is 3.27. The molecule has 0 N–H and O–H groups in total. The summed E-state index contributed by atoms with van der Waals surface area (Å²) in [6.45, 7) is 3.18. The van der Waals surface area contributed by atoms with Gasteiger partial charge in [-0.15, -0.1) is 10.2 Å². The van der Waals surface area contributed by atoms with E-state index in [9.17, 15) is 4.79 Å². The number of amides is 1. The van der Waals surface area contributed by atoms with Crippen LogP contribution in [0.3, 0.4) is 0 Å². The first-order valence-electron chi connectivity index (χ1n) is 7.92. The molecule has 3 aromatic rings. The SMILES string of the molecule is C[C@H]1CN(C(=O)c2ccncc2)Cc2nnc(-c3ccccc3)n21. The number of carbonyl (C=O) groups excluding carboxylic acids is 1. The Morgan fingerprint density at radius 2 is 1.83 bits per heavy atom. The topological polar surface area (TPSA) is 63.9 Å². The van der Waals surface area contributed by atoms with Crippen LogP contribution in [0.4, 0.5) is 0 Å². The van der Waals surface area contributed by atoms with Gasteiger partial charge in [-0.25, -0.2) is 0 Å². The highest BCUT2D eigenvalue weighted by Crippen LogP contribution is 2.27. The molecule has 6 heteroatoms. The van der Waals surface area contributed by atoms with Gasteiger partial charge in [0.05, 0.1) is 12.6 Å². The molecule has 0 saturated carbocycles. The number of carbonyl (C=O) groups is 1. The number of benzene rings is 1. The summed E-state index contributed by atoms with van der Waals surface area (Å²) < 4.78 is 2.13. The maximum Gasteiger partial charge on any atom is 0.254 e. The number of rotatable bonds is 2. The molecule has 0 unspecified atom stereocenters. The van der Waals surface area contributed by atoms with Gasteiger partial charge in [0.15, 0.2) is 11.6 Å². The minimum absolute atomic E-state index is 0.000221.